The molecule has 5 rings (SSSR count). The van der Waals surface area contributed by atoms with Gasteiger partial charge in [0.15, 0.2) is 11.4 Å². The fraction of sp³-hybridized carbons (Fsp3) is 0. The molecule has 2 heterocycles. The van der Waals surface area contributed by atoms with E-state index < -0.39 is 0 Å². The van der Waals surface area contributed by atoms with Crippen LogP contribution in [0.5, 0.6) is 0 Å². The van der Waals surface area contributed by atoms with E-state index in [0.717, 1.165) is 33.0 Å². The van der Waals surface area contributed by atoms with Gasteiger partial charge in [-0.1, -0.05) is 60.7 Å². The van der Waals surface area contributed by atoms with Crippen molar-refractivity contribution in [3.63, 3.8) is 0 Å². The molecule has 0 aliphatic rings. The Labute approximate surface area is 143 Å². The first kappa shape index (κ1) is 13.9. The van der Waals surface area contributed by atoms with Crippen LogP contribution in [-0.2, 0) is 0 Å². The fourth-order valence-electron chi connectivity index (χ4n) is 2.96. The van der Waals surface area contributed by atoms with Crippen molar-refractivity contribution in [2.24, 2.45) is 0 Å². The average Bonchev–Trinajstić information content (AvgIpc) is 3.14. The van der Waals surface area contributed by atoms with Gasteiger partial charge in [0.1, 0.15) is 5.52 Å². The first-order valence-corrected chi connectivity index (χ1v) is 8.05. The third-order valence-electron chi connectivity index (χ3n) is 4.21. The fourth-order valence-corrected chi connectivity index (χ4v) is 2.96. The standard InChI is InChI=1S/C21H13N3O/c1-2-7-15(8-3-1)20-22-12-16(13-23-20)21-24-19-17-9-5-4-6-14(17)10-11-18(19)25-21/h1-13H. The summed E-state index contributed by atoms with van der Waals surface area (Å²) in [6.07, 6.45) is 3.50. The van der Waals surface area contributed by atoms with E-state index in [1.165, 1.54) is 0 Å². The van der Waals surface area contributed by atoms with Crippen LogP contribution in [0.4, 0.5) is 0 Å². The van der Waals surface area contributed by atoms with Crippen LogP contribution >= 0.6 is 0 Å². The van der Waals surface area contributed by atoms with E-state index in [-0.39, 0.29) is 0 Å². The zero-order valence-corrected chi connectivity index (χ0v) is 13.3. The lowest BCUT2D eigenvalue weighted by Crippen LogP contribution is -1.89. The molecule has 25 heavy (non-hydrogen) atoms. The van der Waals surface area contributed by atoms with Gasteiger partial charge in [0.05, 0.1) is 5.56 Å². The molecule has 0 radical (unpaired) electrons. The highest BCUT2D eigenvalue weighted by Gasteiger charge is 2.12. The Hall–Kier alpha value is -3.53. The van der Waals surface area contributed by atoms with E-state index in [4.69, 9.17) is 4.42 Å². The van der Waals surface area contributed by atoms with Gasteiger partial charge in [0, 0.05) is 23.3 Å². The minimum atomic E-state index is 0.533. The Kier molecular flexibility index (Phi) is 3.07. The van der Waals surface area contributed by atoms with Gasteiger partial charge in [-0.3, -0.25) is 0 Å². The van der Waals surface area contributed by atoms with E-state index in [1.54, 1.807) is 12.4 Å². The summed E-state index contributed by atoms with van der Waals surface area (Å²) >= 11 is 0. The summed E-state index contributed by atoms with van der Waals surface area (Å²) < 4.78 is 5.92. The molecule has 0 spiro atoms. The number of benzene rings is 3. The van der Waals surface area contributed by atoms with Gasteiger partial charge < -0.3 is 4.42 Å². The van der Waals surface area contributed by atoms with Crippen LogP contribution in [0.25, 0.3) is 44.7 Å². The number of aromatic nitrogens is 3. The van der Waals surface area contributed by atoms with E-state index >= 15 is 0 Å². The van der Waals surface area contributed by atoms with Gasteiger partial charge in [-0.2, -0.15) is 0 Å². The van der Waals surface area contributed by atoms with Crippen LogP contribution in [0.3, 0.4) is 0 Å². The van der Waals surface area contributed by atoms with Gasteiger partial charge in [0.2, 0.25) is 5.89 Å². The lowest BCUT2D eigenvalue weighted by molar-refractivity contribution is 0.619. The molecule has 0 aliphatic carbocycles. The summed E-state index contributed by atoms with van der Waals surface area (Å²) in [5.74, 6) is 1.22. The van der Waals surface area contributed by atoms with Crippen molar-refractivity contribution in [1.29, 1.82) is 0 Å². The molecule has 4 heteroatoms. The predicted octanol–water partition coefficient (Wildman–Crippen LogP) is 5.11. The second-order valence-corrected chi connectivity index (χ2v) is 5.81. The van der Waals surface area contributed by atoms with Crippen LogP contribution < -0.4 is 0 Å². The van der Waals surface area contributed by atoms with Crippen molar-refractivity contribution in [2.75, 3.05) is 0 Å². The highest BCUT2D eigenvalue weighted by Crippen LogP contribution is 2.29. The average molecular weight is 323 g/mol. The molecule has 0 amide bonds. The maximum atomic E-state index is 5.92. The van der Waals surface area contributed by atoms with Crippen molar-refractivity contribution in [2.45, 2.75) is 0 Å². The second kappa shape index (κ2) is 5.53. The monoisotopic (exact) mass is 323 g/mol. The van der Waals surface area contributed by atoms with Crippen LogP contribution in [0, 0.1) is 0 Å². The summed E-state index contributed by atoms with van der Waals surface area (Å²) in [6.45, 7) is 0. The van der Waals surface area contributed by atoms with E-state index in [2.05, 4.69) is 27.1 Å². The molecule has 0 unspecified atom stereocenters. The Morgan fingerprint density at radius 1 is 0.680 bits per heavy atom. The second-order valence-electron chi connectivity index (χ2n) is 5.81. The van der Waals surface area contributed by atoms with Crippen LogP contribution in [-0.4, -0.2) is 15.0 Å². The summed E-state index contributed by atoms with van der Waals surface area (Å²) in [5.41, 5.74) is 3.37. The summed E-state index contributed by atoms with van der Waals surface area (Å²) in [5, 5.41) is 2.22. The Morgan fingerprint density at radius 3 is 2.28 bits per heavy atom. The molecule has 0 fully saturated rings. The SMILES string of the molecule is c1ccc(-c2ncc(-c3nc4c(ccc5ccccc54)o3)cn2)cc1. The minimum absolute atomic E-state index is 0.533. The normalized spacial score (nSPS) is 11.2. The topological polar surface area (TPSA) is 51.8 Å². The van der Waals surface area contributed by atoms with E-state index in [9.17, 15) is 0 Å². The Bertz CT molecular complexity index is 1180. The number of hydrogen-bond acceptors (Lipinski definition) is 4. The quantitative estimate of drug-likeness (QED) is 0.453. The predicted molar refractivity (Wildman–Crippen MR) is 98.0 cm³/mol. The third-order valence-corrected chi connectivity index (χ3v) is 4.21. The molecule has 0 atom stereocenters. The number of oxazole rings is 1. The first-order valence-electron chi connectivity index (χ1n) is 8.05. The van der Waals surface area contributed by atoms with Crippen molar-refractivity contribution >= 4 is 21.9 Å². The van der Waals surface area contributed by atoms with E-state index in [1.807, 2.05) is 54.6 Å². The van der Waals surface area contributed by atoms with Crippen LogP contribution in [0.2, 0.25) is 0 Å². The smallest absolute Gasteiger partial charge is 0.230 e. The zero-order valence-electron chi connectivity index (χ0n) is 13.3. The zero-order chi connectivity index (χ0) is 16.6. The molecule has 0 bridgehead atoms. The number of nitrogens with zero attached hydrogens (tertiary/aromatic N) is 3. The maximum Gasteiger partial charge on any atom is 0.230 e. The van der Waals surface area contributed by atoms with Gasteiger partial charge >= 0.3 is 0 Å². The molecule has 0 saturated carbocycles. The van der Waals surface area contributed by atoms with Crippen LogP contribution in [0.15, 0.2) is 83.5 Å². The highest BCUT2D eigenvalue weighted by molar-refractivity contribution is 6.03. The molecule has 0 aliphatic heterocycles. The molecular formula is C21H13N3O. The van der Waals surface area contributed by atoms with Gasteiger partial charge in [-0.25, -0.2) is 15.0 Å². The Balaban J connectivity index is 1.60. The molecule has 3 aromatic carbocycles. The molecule has 4 nitrogen and oxygen atoms in total. The highest BCUT2D eigenvalue weighted by atomic mass is 16.3. The number of fused-ring (bicyclic) bond motifs is 3. The summed E-state index contributed by atoms with van der Waals surface area (Å²) in [7, 11) is 0. The first-order chi connectivity index (χ1) is 12.4. The molecular weight excluding hydrogens is 310 g/mol. The van der Waals surface area contributed by atoms with Gasteiger partial charge in [0.25, 0.3) is 0 Å². The van der Waals surface area contributed by atoms with Crippen molar-refractivity contribution in [3.8, 4) is 22.8 Å². The largest absolute Gasteiger partial charge is 0.436 e. The number of hydrogen-bond donors (Lipinski definition) is 0. The lowest BCUT2D eigenvalue weighted by Gasteiger charge is -1.99. The molecule has 0 saturated heterocycles. The molecule has 5 aromatic rings. The third kappa shape index (κ3) is 2.35. The van der Waals surface area contributed by atoms with Gasteiger partial charge in [-0.15, -0.1) is 0 Å². The van der Waals surface area contributed by atoms with Crippen molar-refractivity contribution in [3.05, 3.63) is 79.1 Å². The van der Waals surface area contributed by atoms with E-state index in [0.29, 0.717) is 11.7 Å². The Morgan fingerprint density at radius 2 is 1.44 bits per heavy atom. The summed E-state index contributed by atoms with van der Waals surface area (Å²) in [4.78, 5) is 13.6. The molecule has 118 valence electrons. The van der Waals surface area contributed by atoms with Crippen LogP contribution in [0.1, 0.15) is 0 Å². The molecule has 2 aromatic heterocycles. The minimum Gasteiger partial charge on any atom is -0.436 e. The van der Waals surface area contributed by atoms with Gasteiger partial charge in [-0.05, 0) is 11.5 Å². The lowest BCUT2D eigenvalue weighted by atomic mass is 10.1. The summed E-state index contributed by atoms with van der Waals surface area (Å²) in [6, 6.07) is 22.0. The molecule has 0 N–H and O–H groups in total. The number of rotatable bonds is 2. The van der Waals surface area contributed by atoms with Crippen molar-refractivity contribution < 1.29 is 4.42 Å². The van der Waals surface area contributed by atoms with Crippen molar-refractivity contribution in [1.82, 2.24) is 15.0 Å². The maximum absolute atomic E-state index is 5.92.